The number of carbonyl (C=O) groups is 3. The van der Waals surface area contributed by atoms with Gasteiger partial charge in [-0.3, -0.25) is 4.79 Å². The van der Waals surface area contributed by atoms with Crippen molar-refractivity contribution in [1.82, 2.24) is 10.6 Å². The molecule has 9 heteroatoms. The lowest BCUT2D eigenvalue weighted by Gasteiger charge is -2.14. The summed E-state index contributed by atoms with van der Waals surface area (Å²) in [5.41, 5.74) is 0. The lowest BCUT2D eigenvalue weighted by Crippen LogP contribution is -2.33. The molecule has 0 saturated heterocycles. The van der Waals surface area contributed by atoms with Crippen molar-refractivity contribution in [1.29, 1.82) is 0 Å². The highest BCUT2D eigenvalue weighted by Gasteiger charge is 2.19. The van der Waals surface area contributed by atoms with Crippen molar-refractivity contribution in [3.8, 4) is 11.5 Å². The van der Waals surface area contributed by atoms with Crippen LogP contribution in [-0.2, 0) is 9.53 Å². The van der Waals surface area contributed by atoms with Crippen LogP contribution in [0.25, 0.3) is 0 Å². The van der Waals surface area contributed by atoms with Gasteiger partial charge in [-0.25, -0.2) is 9.59 Å². The molecule has 2 N–H and O–H groups in total. The topological polar surface area (TPSA) is 103 Å². The third-order valence-electron chi connectivity index (χ3n) is 3.75. The van der Waals surface area contributed by atoms with E-state index >= 15 is 0 Å². The molecule has 1 atom stereocenters. The number of benzene rings is 2. The van der Waals surface area contributed by atoms with Gasteiger partial charge in [0.15, 0.2) is 0 Å². The first-order chi connectivity index (χ1) is 14.6. The van der Waals surface area contributed by atoms with E-state index in [1.807, 2.05) is 12.1 Å². The highest BCUT2D eigenvalue weighted by Crippen LogP contribution is 2.13. The SMILES string of the molecule is CSC(CCNC(=O)Oc1ccccc1)C(=O)OCCNC(=O)Oc1ccccc1. The minimum absolute atomic E-state index is 0.0171. The first kappa shape index (κ1) is 23.1. The van der Waals surface area contributed by atoms with Gasteiger partial charge < -0.3 is 24.8 Å². The Morgan fingerprint density at radius 1 is 0.833 bits per heavy atom. The van der Waals surface area contributed by atoms with Gasteiger partial charge in [-0.15, -0.1) is 0 Å². The summed E-state index contributed by atoms with van der Waals surface area (Å²) in [6.07, 6.45) is 0.951. The molecule has 0 fully saturated rings. The summed E-state index contributed by atoms with van der Waals surface area (Å²) in [5.74, 6) is 0.445. The second kappa shape index (κ2) is 13.1. The summed E-state index contributed by atoms with van der Waals surface area (Å²) in [7, 11) is 0. The van der Waals surface area contributed by atoms with Gasteiger partial charge in [0, 0.05) is 6.54 Å². The summed E-state index contributed by atoms with van der Waals surface area (Å²) in [5, 5.41) is 4.66. The molecule has 0 aromatic heterocycles. The summed E-state index contributed by atoms with van der Waals surface area (Å²) >= 11 is 1.32. The molecule has 0 bridgehead atoms. The zero-order valence-corrected chi connectivity index (χ0v) is 17.4. The van der Waals surface area contributed by atoms with E-state index < -0.39 is 23.4 Å². The van der Waals surface area contributed by atoms with Crippen molar-refractivity contribution in [2.24, 2.45) is 0 Å². The Morgan fingerprint density at radius 3 is 1.83 bits per heavy atom. The van der Waals surface area contributed by atoms with Crippen LogP contribution in [0.1, 0.15) is 6.42 Å². The zero-order chi connectivity index (χ0) is 21.6. The fraction of sp³-hybridized carbons (Fsp3) is 0.286. The minimum atomic E-state index is -0.625. The van der Waals surface area contributed by atoms with Crippen LogP contribution >= 0.6 is 11.8 Å². The summed E-state index contributed by atoms with van der Waals surface area (Å²) in [4.78, 5) is 35.5. The molecule has 0 aliphatic carbocycles. The largest absolute Gasteiger partial charge is 0.463 e. The number of rotatable bonds is 10. The van der Waals surface area contributed by atoms with Gasteiger partial charge in [0.05, 0.1) is 6.54 Å². The predicted octanol–water partition coefficient (Wildman–Crippen LogP) is 3.23. The molecule has 160 valence electrons. The van der Waals surface area contributed by atoms with Gasteiger partial charge in [0.1, 0.15) is 23.4 Å². The average molecular weight is 432 g/mol. The molecular weight excluding hydrogens is 408 g/mol. The summed E-state index contributed by atoms with van der Waals surface area (Å²) in [6, 6.07) is 17.3. The van der Waals surface area contributed by atoms with Crippen LogP contribution in [0.15, 0.2) is 60.7 Å². The standard InChI is InChI=1S/C21H24N2O6S/c1-30-18(12-13-22-20(25)28-16-8-4-2-5-9-16)19(24)27-15-14-23-21(26)29-17-10-6-3-7-11-17/h2-11,18H,12-15H2,1H3,(H,22,25)(H,23,26). The van der Waals surface area contributed by atoms with Crippen LogP contribution in [0, 0.1) is 0 Å². The smallest absolute Gasteiger partial charge is 0.412 e. The zero-order valence-electron chi connectivity index (χ0n) is 16.5. The van der Waals surface area contributed by atoms with Crippen molar-refractivity contribution in [2.45, 2.75) is 11.7 Å². The molecule has 0 saturated carbocycles. The molecule has 8 nitrogen and oxygen atoms in total. The Balaban J connectivity index is 1.59. The Kier molecular flexibility index (Phi) is 10.1. The fourth-order valence-corrected chi connectivity index (χ4v) is 2.91. The quantitative estimate of drug-likeness (QED) is 0.439. The van der Waals surface area contributed by atoms with E-state index in [-0.39, 0.29) is 19.7 Å². The number of para-hydroxylation sites is 2. The van der Waals surface area contributed by atoms with Crippen LogP contribution in [0.3, 0.4) is 0 Å². The molecule has 0 aliphatic rings. The summed E-state index contributed by atoms with van der Waals surface area (Å²) in [6.45, 7) is 0.400. The van der Waals surface area contributed by atoms with Gasteiger partial charge in [0.25, 0.3) is 0 Å². The van der Waals surface area contributed by atoms with Crippen molar-refractivity contribution in [3.05, 3.63) is 60.7 Å². The molecule has 30 heavy (non-hydrogen) atoms. The maximum absolute atomic E-state index is 12.1. The molecule has 0 aliphatic heterocycles. The van der Waals surface area contributed by atoms with E-state index in [9.17, 15) is 14.4 Å². The minimum Gasteiger partial charge on any atom is -0.463 e. The number of amides is 2. The van der Waals surface area contributed by atoms with Gasteiger partial charge in [-0.2, -0.15) is 11.8 Å². The highest BCUT2D eigenvalue weighted by atomic mass is 32.2. The maximum atomic E-state index is 12.1. The molecular formula is C21H24N2O6S. The van der Waals surface area contributed by atoms with Gasteiger partial charge in [-0.05, 0) is 36.9 Å². The Labute approximate surface area is 179 Å². The Hall–Kier alpha value is -3.20. The molecule has 0 spiro atoms. The second-order valence-corrected chi connectivity index (χ2v) is 6.98. The van der Waals surface area contributed by atoms with Crippen LogP contribution in [-0.4, -0.2) is 49.4 Å². The fourth-order valence-electron chi connectivity index (χ4n) is 2.30. The Bertz CT molecular complexity index is 804. The third kappa shape index (κ3) is 8.87. The maximum Gasteiger partial charge on any atom is 0.412 e. The Morgan fingerprint density at radius 2 is 1.33 bits per heavy atom. The van der Waals surface area contributed by atoms with Gasteiger partial charge >= 0.3 is 18.2 Å². The van der Waals surface area contributed by atoms with Gasteiger partial charge in [-0.1, -0.05) is 36.4 Å². The van der Waals surface area contributed by atoms with Crippen molar-refractivity contribution in [3.63, 3.8) is 0 Å². The number of carbonyl (C=O) groups excluding carboxylic acids is 3. The number of ether oxygens (including phenoxy) is 3. The van der Waals surface area contributed by atoms with E-state index in [2.05, 4.69) is 10.6 Å². The number of hydrogen-bond donors (Lipinski definition) is 2. The number of nitrogens with one attached hydrogen (secondary N) is 2. The third-order valence-corrected chi connectivity index (χ3v) is 4.74. The van der Waals surface area contributed by atoms with Crippen LogP contribution in [0.4, 0.5) is 9.59 Å². The van der Waals surface area contributed by atoms with Crippen LogP contribution < -0.4 is 20.1 Å². The molecule has 2 aromatic carbocycles. The normalized spacial score (nSPS) is 11.1. The second-order valence-electron chi connectivity index (χ2n) is 5.94. The van der Waals surface area contributed by atoms with Crippen LogP contribution in [0.5, 0.6) is 11.5 Å². The lowest BCUT2D eigenvalue weighted by molar-refractivity contribution is -0.142. The first-order valence-electron chi connectivity index (χ1n) is 9.29. The van der Waals surface area contributed by atoms with Crippen molar-refractivity contribution < 1.29 is 28.6 Å². The monoisotopic (exact) mass is 432 g/mol. The molecule has 2 amide bonds. The molecule has 0 radical (unpaired) electrons. The number of thioether (sulfide) groups is 1. The highest BCUT2D eigenvalue weighted by molar-refractivity contribution is 7.99. The van der Waals surface area contributed by atoms with Gasteiger partial charge in [0.2, 0.25) is 0 Å². The van der Waals surface area contributed by atoms with E-state index in [0.717, 1.165) is 0 Å². The predicted molar refractivity (Wildman–Crippen MR) is 114 cm³/mol. The van der Waals surface area contributed by atoms with E-state index in [1.54, 1.807) is 54.8 Å². The first-order valence-corrected chi connectivity index (χ1v) is 10.6. The molecule has 0 heterocycles. The van der Waals surface area contributed by atoms with E-state index in [1.165, 1.54) is 11.8 Å². The van der Waals surface area contributed by atoms with E-state index in [4.69, 9.17) is 14.2 Å². The van der Waals surface area contributed by atoms with Crippen molar-refractivity contribution in [2.75, 3.05) is 26.0 Å². The molecule has 1 unspecified atom stereocenters. The van der Waals surface area contributed by atoms with E-state index in [0.29, 0.717) is 17.9 Å². The molecule has 2 rings (SSSR count). The number of esters is 1. The molecule has 2 aromatic rings. The van der Waals surface area contributed by atoms with Crippen molar-refractivity contribution >= 4 is 29.9 Å². The summed E-state index contributed by atoms with van der Waals surface area (Å²) < 4.78 is 15.3. The average Bonchev–Trinajstić information content (AvgIpc) is 2.75. The lowest BCUT2D eigenvalue weighted by atomic mass is 10.3. The number of hydrogen-bond acceptors (Lipinski definition) is 7. The van der Waals surface area contributed by atoms with Crippen LogP contribution in [0.2, 0.25) is 0 Å².